The van der Waals surface area contributed by atoms with Gasteiger partial charge < -0.3 is 20.1 Å². The number of carboxylic acids is 1. The van der Waals surface area contributed by atoms with Gasteiger partial charge in [0.25, 0.3) is 0 Å². The predicted octanol–water partition coefficient (Wildman–Crippen LogP) is 2.58. The number of rotatable bonds is 3. The third kappa shape index (κ3) is 4.85. The van der Waals surface area contributed by atoms with Crippen molar-refractivity contribution >= 4 is 12.0 Å². The second-order valence-electron chi connectivity index (χ2n) is 8.53. The van der Waals surface area contributed by atoms with E-state index in [0.717, 1.165) is 19.4 Å². The molecule has 2 fully saturated rings. The molecule has 4 unspecified atom stereocenters. The van der Waals surface area contributed by atoms with Crippen LogP contribution in [0.3, 0.4) is 0 Å². The summed E-state index contributed by atoms with van der Waals surface area (Å²) in [4.78, 5) is 25.4. The lowest BCUT2D eigenvalue weighted by molar-refractivity contribution is -0.143. The fourth-order valence-corrected chi connectivity index (χ4v) is 4.04. The summed E-state index contributed by atoms with van der Waals surface area (Å²) in [6.45, 7) is 10.8. The summed E-state index contributed by atoms with van der Waals surface area (Å²) >= 11 is 0. The first-order valence-electron chi connectivity index (χ1n) is 9.05. The summed E-state index contributed by atoms with van der Waals surface area (Å²) in [5.41, 5.74) is 0.0455. The van der Waals surface area contributed by atoms with Crippen LogP contribution in [-0.2, 0) is 9.53 Å². The molecule has 2 amide bonds. The van der Waals surface area contributed by atoms with Crippen molar-refractivity contribution in [3.05, 3.63) is 0 Å². The van der Waals surface area contributed by atoms with E-state index in [1.807, 2.05) is 6.92 Å². The van der Waals surface area contributed by atoms with Crippen LogP contribution < -0.4 is 5.32 Å². The Hall–Kier alpha value is -1.30. The maximum absolute atomic E-state index is 12.5. The van der Waals surface area contributed by atoms with Gasteiger partial charge in [-0.2, -0.15) is 0 Å². The topological polar surface area (TPSA) is 78.9 Å². The molecule has 0 radical (unpaired) electrons. The zero-order valence-electron chi connectivity index (χ0n) is 15.4. The lowest BCUT2D eigenvalue weighted by atomic mass is 9.78. The minimum Gasteiger partial charge on any atom is -0.481 e. The van der Waals surface area contributed by atoms with Gasteiger partial charge in [-0.25, -0.2) is 4.79 Å². The Morgan fingerprint density at radius 1 is 1.29 bits per heavy atom. The van der Waals surface area contributed by atoms with Crippen LogP contribution in [0.1, 0.15) is 47.0 Å². The molecule has 6 heteroatoms. The first-order chi connectivity index (χ1) is 11.2. The molecule has 138 valence electrons. The number of nitrogens with one attached hydrogen (secondary N) is 1. The maximum Gasteiger partial charge on any atom is 0.317 e. The second-order valence-corrected chi connectivity index (χ2v) is 8.53. The van der Waals surface area contributed by atoms with Crippen molar-refractivity contribution in [1.82, 2.24) is 10.2 Å². The molecule has 0 aromatic heterocycles. The van der Waals surface area contributed by atoms with Gasteiger partial charge in [-0.15, -0.1) is 0 Å². The lowest BCUT2D eigenvalue weighted by Gasteiger charge is -2.41. The number of nitrogens with zero attached hydrogens (tertiary/aromatic N) is 1. The number of aliphatic carboxylic acids is 1. The summed E-state index contributed by atoms with van der Waals surface area (Å²) in [5, 5.41) is 12.3. The molecule has 0 spiro atoms. The van der Waals surface area contributed by atoms with Crippen molar-refractivity contribution in [2.24, 2.45) is 23.2 Å². The quantitative estimate of drug-likeness (QED) is 0.828. The van der Waals surface area contributed by atoms with Crippen molar-refractivity contribution in [1.29, 1.82) is 0 Å². The van der Waals surface area contributed by atoms with E-state index in [0.29, 0.717) is 32.0 Å². The summed E-state index contributed by atoms with van der Waals surface area (Å²) in [7, 11) is 0. The number of amides is 2. The minimum absolute atomic E-state index is 0.0455. The maximum atomic E-state index is 12.5. The SMILES string of the molecule is CC1CC(C(=O)O)CN(C(=O)NCC2CCCOC2C(C)(C)C)C1. The van der Waals surface area contributed by atoms with Gasteiger partial charge in [0.1, 0.15) is 0 Å². The summed E-state index contributed by atoms with van der Waals surface area (Å²) in [5.74, 6) is -0.751. The van der Waals surface area contributed by atoms with Gasteiger partial charge in [-0.05, 0) is 30.6 Å². The fourth-order valence-electron chi connectivity index (χ4n) is 4.04. The van der Waals surface area contributed by atoms with Crippen LogP contribution >= 0.6 is 0 Å². The number of likely N-dealkylation sites (tertiary alicyclic amines) is 1. The third-order valence-corrected chi connectivity index (χ3v) is 5.11. The molecule has 0 bridgehead atoms. The van der Waals surface area contributed by atoms with Crippen LogP contribution in [0.5, 0.6) is 0 Å². The van der Waals surface area contributed by atoms with Gasteiger partial charge in [-0.1, -0.05) is 27.7 Å². The van der Waals surface area contributed by atoms with Crippen LogP contribution in [-0.4, -0.2) is 54.4 Å². The highest BCUT2D eigenvalue weighted by atomic mass is 16.5. The molecule has 2 saturated heterocycles. The molecule has 2 rings (SSSR count). The molecule has 6 nitrogen and oxygen atoms in total. The summed E-state index contributed by atoms with van der Waals surface area (Å²) < 4.78 is 5.96. The fraction of sp³-hybridized carbons (Fsp3) is 0.889. The van der Waals surface area contributed by atoms with E-state index in [9.17, 15) is 14.7 Å². The summed E-state index contributed by atoms with van der Waals surface area (Å²) in [6, 6.07) is -0.147. The molecule has 2 aliphatic heterocycles. The van der Waals surface area contributed by atoms with E-state index in [-0.39, 0.29) is 23.5 Å². The minimum atomic E-state index is -0.812. The van der Waals surface area contributed by atoms with Crippen molar-refractivity contribution in [2.75, 3.05) is 26.2 Å². The van der Waals surface area contributed by atoms with Crippen molar-refractivity contribution in [3.8, 4) is 0 Å². The Morgan fingerprint density at radius 3 is 2.62 bits per heavy atom. The number of hydrogen-bond donors (Lipinski definition) is 2. The molecule has 0 aromatic carbocycles. The highest BCUT2D eigenvalue weighted by molar-refractivity contribution is 5.76. The third-order valence-electron chi connectivity index (χ3n) is 5.11. The Morgan fingerprint density at radius 2 is 2.00 bits per heavy atom. The highest BCUT2D eigenvalue weighted by Crippen LogP contribution is 2.33. The van der Waals surface area contributed by atoms with Gasteiger partial charge in [0.15, 0.2) is 0 Å². The molecule has 4 atom stereocenters. The molecule has 2 heterocycles. The zero-order chi connectivity index (χ0) is 17.9. The van der Waals surface area contributed by atoms with Crippen LogP contribution in [0.4, 0.5) is 4.79 Å². The molecule has 24 heavy (non-hydrogen) atoms. The second kappa shape index (κ2) is 7.72. The van der Waals surface area contributed by atoms with Gasteiger partial charge in [0, 0.05) is 32.2 Å². The average Bonchev–Trinajstić information content (AvgIpc) is 2.51. The molecule has 2 aliphatic rings. The number of urea groups is 1. The number of carboxylic acid groups (broad SMARTS) is 1. The van der Waals surface area contributed by atoms with Crippen molar-refractivity contribution in [3.63, 3.8) is 0 Å². The van der Waals surface area contributed by atoms with Crippen molar-refractivity contribution < 1.29 is 19.4 Å². The van der Waals surface area contributed by atoms with Gasteiger partial charge in [0.2, 0.25) is 0 Å². The number of ether oxygens (including phenoxy) is 1. The Labute approximate surface area is 144 Å². The summed E-state index contributed by atoms with van der Waals surface area (Å²) in [6.07, 6.45) is 2.85. The van der Waals surface area contributed by atoms with E-state index >= 15 is 0 Å². The van der Waals surface area contributed by atoms with E-state index in [4.69, 9.17) is 4.74 Å². The van der Waals surface area contributed by atoms with Crippen LogP contribution in [0, 0.1) is 23.2 Å². The Bertz CT molecular complexity index is 460. The smallest absolute Gasteiger partial charge is 0.317 e. The first kappa shape index (κ1) is 19.0. The van der Waals surface area contributed by atoms with Crippen LogP contribution in [0.15, 0.2) is 0 Å². The van der Waals surface area contributed by atoms with Gasteiger partial charge in [-0.3, -0.25) is 4.79 Å². The molecular formula is C18H32N2O4. The van der Waals surface area contributed by atoms with Gasteiger partial charge in [0.05, 0.1) is 12.0 Å². The number of carbonyl (C=O) groups is 2. The number of piperidine rings is 1. The Kier molecular flexibility index (Phi) is 6.12. The molecule has 0 aliphatic carbocycles. The first-order valence-corrected chi connectivity index (χ1v) is 9.05. The standard InChI is InChI=1S/C18H32N2O4/c1-12-8-14(16(21)22)11-20(10-12)17(23)19-9-13-6-5-7-24-15(13)18(2,3)4/h12-15H,5-11H2,1-4H3,(H,19,23)(H,21,22). The van der Waals surface area contributed by atoms with Crippen molar-refractivity contribution in [2.45, 2.75) is 53.1 Å². The molecular weight excluding hydrogens is 308 g/mol. The number of hydrogen-bond acceptors (Lipinski definition) is 3. The highest BCUT2D eigenvalue weighted by Gasteiger charge is 2.36. The molecule has 2 N–H and O–H groups in total. The largest absolute Gasteiger partial charge is 0.481 e. The molecule has 0 saturated carbocycles. The lowest BCUT2D eigenvalue weighted by Crippen LogP contribution is -2.52. The monoisotopic (exact) mass is 340 g/mol. The van der Waals surface area contributed by atoms with E-state index < -0.39 is 11.9 Å². The average molecular weight is 340 g/mol. The molecule has 0 aromatic rings. The Balaban J connectivity index is 1.90. The van der Waals surface area contributed by atoms with E-state index in [2.05, 4.69) is 26.1 Å². The van der Waals surface area contributed by atoms with E-state index in [1.54, 1.807) is 4.90 Å². The van der Waals surface area contributed by atoms with Crippen LogP contribution in [0.25, 0.3) is 0 Å². The normalized spacial score (nSPS) is 31.6. The zero-order valence-corrected chi connectivity index (χ0v) is 15.4. The van der Waals surface area contributed by atoms with E-state index in [1.165, 1.54) is 0 Å². The predicted molar refractivity (Wildman–Crippen MR) is 91.8 cm³/mol. The van der Waals surface area contributed by atoms with Crippen LogP contribution in [0.2, 0.25) is 0 Å². The number of carbonyl (C=O) groups excluding carboxylic acids is 1. The van der Waals surface area contributed by atoms with Gasteiger partial charge >= 0.3 is 12.0 Å².